The number of sulfonamides is 1. The summed E-state index contributed by atoms with van der Waals surface area (Å²) in [6.45, 7) is 1.20. The third-order valence-electron chi connectivity index (χ3n) is 5.37. The number of ether oxygens (including phenoxy) is 1. The SMILES string of the molecule is Cc1ccc(OCC(=O)NS(C)(=O)=O)c(-c2nsc3ccc(-n4c(=O)cc(C(F)(F)F)n(C)c4=O)cc23)c1. The Bertz CT molecular complexity index is 1810. The van der Waals surface area contributed by atoms with E-state index < -0.39 is 45.7 Å². The standard InChI is InChI=1S/C23H19F3N4O6S2/c1-12-4-6-16(36-11-19(31)28-38(3,34)35)14(8-12)21-15-9-13(5-7-17(15)37-27-21)30-20(32)10-18(23(24,25)26)29(2)22(30)33/h4-10H,11H2,1-3H3,(H,28,31). The molecule has 0 aliphatic carbocycles. The van der Waals surface area contributed by atoms with Gasteiger partial charge in [-0.2, -0.15) is 17.5 Å². The van der Waals surface area contributed by atoms with Gasteiger partial charge in [0.2, 0.25) is 10.0 Å². The summed E-state index contributed by atoms with van der Waals surface area (Å²) in [6.07, 6.45) is -4.06. The zero-order valence-electron chi connectivity index (χ0n) is 20.0. The molecule has 0 atom stereocenters. The summed E-state index contributed by atoms with van der Waals surface area (Å²) in [7, 11) is -2.85. The largest absolute Gasteiger partial charge is 0.483 e. The lowest BCUT2D eigenvalue weighted by Crippen LogP contribution is -2.40. The summed E-state index contributed by atoms with van der Waals surface area (Å²) in [5, 5.41) is 0.470. The van der Waals surface area contributed by atoms with E-state index in [0.717, 1.165) is 30.4 Å². The predicted octanol–water partition coefficient (Wildman–Crippen LogP) is 2.59. The van der Waals surface area contributed by atoms with Crippen LogP contribution in [-0.2, 0) is 28.0 Å². The molecule has 2 aromatic carbocycles. The number of nitrogens with one attached hydrogen (secondary N) is 1. The van der Waals surface area contributed by atoms with E-state index in [1.807, 2.05) is 0 Å². The van der Waals surface area contributed by atoms with Crippen molar-refractivity contribution in [1.82, 2.24) is 18.2 Å². The smallest absolute Gasteiger partial charge is 0.431 e. The molecule has 0 unspecified atom stereocenters. The minimum atomic E-state index is -4.89. The molecule has 15 heteroatoms. The van der Waals surface area contributed by atoms with Crippen LogP contribution < -0.4 is 20.7 Å². The molecule has 0 radical (unpaired) electrons. The van der Waals surface area contributed by atoms with Crippen LogP contribution in [0.15, 0.2) is 52.1 Å². The summed E-state index contributed by atoms with van der Waals surface area (Å²) >= 11 is 1.09. The van der Waals surface area contributed by atoms with Gasteiger partial charge in [0.05, 0.1) is 22.3 Å². The summed E-state index contributed by atoms with van der Waals surface area (Å²) in [5.74, 6) is -0.679. The number of alkyl halides is 3. The van der Waals surface area contributed by atoms with Crippen LogP contribution in [0.3, 0.4) is 0 Å². The van der Waals surface area contributed by atoms with Crippen LogP contribution in [0.5, 0.6) is 5.75 Å². The predicted molar refractivity (Wildman–Crippen MR) is 134 cm³/mol. The molecule has 0 spiro atoms. The summed E-state index contributed by atoms with van der Waals surface area (Å²) in [6, 6.07) is 9.80. The molecule has 10 nitrogen and oxygen atoms in total. The number of fused-ring (bicyclic) bond motifs is 1. The highest BCUT2D eigenvalue weighted by molar-refractivity contribution is 7.89. The molecule has 0 saturated heterocycles. The van der Waals surface area contributed by atoms with Crippen LogP contribution in [0.4, 0.5) is 13.2 Å². The maximum atomic E-state index is 13.2. The van der Waals surface area contributed by atoms with Crippen molar-refractivity contribution in [3.63, 3.8) is 0 Å². The normalized spacial score (nSPS) is 12.1. The second-order valence-corrected chi connectivity index (χ2v) is 10.9. The average Bonchev–Trinajstić information content (AvgIpc) is 3.22. The van der Waals surface area contributed by atoms with Crippen LogP contribution in [0.1, 0.15) is 11.3 Å². The second-order valence-electron chi connectivity index (χ2n) is 8.34. The molecule has 4 aromatic rings. The summed E-state index contributed by atoms with van der Waals surface area (Å²) < 4.78 is 75.7. The Morgan fingerprint density at radius 2 is 1.84 bits per heavy atom. The molecule has 2 heterocycles. The first-order valence-electron chi connectivity index (χ1n) is 10.7. The number of rotatable bonds is 6. The molecule has 0 saturated carbocycles. The van der Waals surface area contributed by atoms with Crippen LogP contribution in [0, 0.1) is 6.92 Å². The van der Waals surface area contributed by atoms with E-state index in [1.165, 1.54) is 12.1 Å². The van der Waals surface area contributed by atoms with Crippen molar-refractivity contribution in [3.8, 4) is 22.7 Å². The third kappa shape index (κ3) is 5.47. The Hall–Kier alpha value is -3.98. The number of aryl methyl sites for hydroxylation is 1. The Labute approximate surface area is 217 Å². The van der Waals surface area contributed by atoms with Gasteiger partial charge in [-0.3, -0.25) is 18.9 Å². The Balaban J connectivity index is 1.81. The zero-order valence-corrected chi connectivity index (χ0v) is 21.6. The molecule has 0 aliphatic heterocycles. The molecule has 38 heavy (non-hydrogen) atoms. The van der Waals surface area contributed by atoms with Gasteiger partial charge in [0.15, 0.2) is 6.61 Å². The van der Waals surface area contributed by atoms with Crippen molar-refractivity contribution in [3.05, 3.63) is 74.6 Å². The van der Waals surface area contributed by atoms with Gasteiger partial charge in [0.25, 0.3) is 11.5 Å². The fourth-order valence-electron chi connectivity index (χ4n) is 3.73. The monoisotopic (exact) mass is 568 g/mol. The summed E-state index contributed by atoms with van der Waals surface area (Å²) in [4.78, 5) is 37.2. The van der Waals surface area contributed by atoms with E-state index in [4.69, 9.17) is 4.74 Å². The molecular formula is C23H19F3N4O6S2. The van der Waals surface area contributed by atoms with Crippen molar-refractivity contribution < 1.29 is 31.1 Å². The lowest BCUT2D eigenvalue weighted by Gasteiger charge is -2.14. The van der Waals surface area contributed by atoms with Crippen LogP contribution in [-0.4, -0.2) is 40.7 Å². The maximum Gasteiger partial charge on any atom is 0.431 e. The van der Waals surface area contributed by atoms with Crippen molar-refractivity contribution in [2.24, 2.45) is 7.05 Å². The number of nitrogens with zero attached hydrogens (tertiary/aromatic N) is 3. The van der Waals surface area contributed by atoms with Crippen molar-refractivity contribution in [2.45, 2.75) is 13.1 Å². The van der Waals surface area contributed by atoms with E-state index in [9.17, 15) is 36.0 Å². The molecule has 4 rings (SSSR count). The first-order valence-corrected chi connectivity index (χ1v) is 13.4. The minimum absolute atomic E-state index is 0.0286. The number of benzene rings is 2. The van der Waals surface area contributed by atoms with Gasteiger partial charge in [-0.1, -0.05) is 11.6 Å². The number of halogens is 3. The van der Waals surface area contributed by atoms with E-state index >= 15 is 0 Å². The van der Waals surface area contributed by atoms with Crippen molar-refractivity contribution in [2.75, 3.05) is 12.9 Å². The Morgan fingerprint density at radius 1 is 1.13 bits per heavy atom. The van der Waals surface area contributed by atoms with Gasteiger partial charge in [-0.15, -0.1) is 0 Å². The minimum Gasteiger partial charge on any atom is -0.483 e. The van der Waals surface area contributed by atoms with Gasteiger partial charge < -0.3 is 4.74 Å². The fourth-order valence-corrected chi connectivity index (χ4v) is 4.97. The molecule has 0 fully saturated rings. The highest BCUT2D eigenvalue weighted by Crippen LogP contribution is 2.37. The first kappa shape index (κ1) is 27.1. The van der Waals surface area contributed by atoms with Gasteiger partial charge >= 0.3 is 11.9 Å². The molecule has 0 bridgehead atoms. The second kappa shape index (κ2) is 9.72. The van der Waals surface area contributed by atoms with Crippen molar-refractivity contribution in [1.29, 1.82) is 0 Å². The number of hydrogen-bond donors (Lipinski definition) is 1. The van der Waals surface area contributed by atoms with E-state index in [-0.39, 0.29) is 11.4 Å². The quantitative estimate of drug-likeness (QED) is 0.379. The molecule has 0 aliphatic rings. The number of hydrogen-bond acceptors (Lipinski definition) is 8. The Morgan fingerprint density at radius 3 is 2.50 bits per heavy atom. The average molecular weight is 569 g/mol. The number of amides is 1. The maximum absolute atomic E-state index is 13.2. The summed E-state index contributed by atoms with van der Waals surface area (Å²) in [5.41, 5.74) is -2.06. The molecule has 2 aromatic heterocycles. The first-order chi connectivity index (χ1) is 17.7. The number of carbonyl (C=O) groups is 1. The third-order valence-corrected chi connectivity index (χ3v) is 6.80. The number of carbonyl (C=O) groups excluding carboxylic acids is 1. The topological polar surface area (TPSA) is 129 Å². The fraction of sp³-hybridized carbons (Fsp3) is 0.217. The van der Waals surface area contributed by atoms with Crippen molar-refractivity contribution >= 4 is 37.5 Å². The van der Waals surface area contributed by atoms with Gasteiger partial charge in [0.1, 0.15) is 11.4 Å². The molecule has 1 N–H and O–H groups in total. The molecule has 1 amide bonds. The van der Waals surface area contributed by atoms with E-state index in [0.29, 0.717) is 36.5 Å². The van der Waals surface area contributed by atoms with Gasteiger partial charge in [-0.05, 0) is 48.8 Å². The number of aromatic nitrogens is 3. The van der Waals surface area contributed by atoms with Crippen LogP contribution in [0.25, 0.3) is 27.0 Å². The molecule has 200 valence electrons. The van der Waals surface area contributed by atoms with Gasteiger partial charge in [-0.25, -0.2) is 17.8 Å². The highest BCUT2D eigenvalue weighted by Gasteiger charge is 2.35. The van der Waals surface area contributed by atoms with E-state index in [2.05, 4.69) is 4.37 Å². The Kier molecular flexibility index (Phi) is 6.92. The lowest BCUT2D eigenvalue weighted by molar-refractivity contribution is -0.144. The zero-order chi connectivity index (χ0) is 28.0. The van der Waals surface area contributed by atoms with Crippen LogP contribution >= 0.6 is 11.5 Å². The highest BCUT2D eigenvalue weighted by atomic mass is 32.2. The van der Waals surface area contributed by atoms with Crippen LogP contribution in [0.2, 0.25) is 0 Å². The lowest BCUT2D eigenvalue weighted by atomic mass is 10.0. The van der Waals surface area contributed by atoms with E-state index in [1.54, 1.807) is 35.9 Å². The van der Waals surface area contributed by atoms with Gasteiger partial charge in [0, 0.05) is 24.1 Å². The molecular weight excluding hydrogens is 549 g/mol.